The van der Waals surface area contributed by atoms with E-state index in [2.05, 4.69) is 4.74 Å². The molecule has 32 heavy (non-hydrogen) atoms. The summed E-state index contributed by atoms with van der Waals surface area (Å²) in [5, 5.41) is 10.6. The monoisotopic (exact) mass is 464 g/mol. The highest BCUT2D eigenvalue weighted by Gasteiger charge is 2.26. The summed E-state index contributed by atoms with van der Waals surface area (Å²) in [5.41, 5.74) is 2.24. The first kappa shape index (κ1) is 23.1. The van der Waals surface area contributed by atoms with E-state index < -0.39 is 29.4 Å². The van der Waals surface area contributed by atoms with Crippen molar-refractivity contribution in [3.8, 4) is 11.4 Å². The highest BCUT2D eigenvalue weighted by atomic mass is 32.1. The van der Waals surface area contributed by atoms with Crippen LogP contribution in [0.4, 0.5) is 13.8 Å². The smallest absolute Gasteiger partial charge is 0.387 e. The molecule has 0 saturated carbocycles. The van der Waals surface area contributed by atoms with Crippen LogP contribution in [-0.2, 0) is 4.74 Å². The van der Waals surface area contributed by atoms with Gasteiger partial charge in [0.2, 0.25) is 5.78 Å². The highest BCUT2D eigenvalue weighted by Crippen LogP contribution is 2.27. The second kappa shape index (κ2) is 9.27. The van der Waals surface area contributed by atoms with E-state index in [1.54, 1.807) is 36.6 Å². The number of nitrogens with zero attached hydrogens (tertiary/aromatic N) is 2. The maximum atomic E-state index is 12.9. The van der Waals surface area contributed by atoms with Crippen LogP contribution in [0.25, 0.3) is 5.69 Å². The first-order valence-corrected chi connectivity index (χ1v) is 10.1. The molecule has 168 valence electrons. The predicted octanol–water partition coefficient (Wildman–Crippen LogP) is 5.09. The summed E-state index contributed by atoms with van der Waals surface area (Å²) in [6.07, 6.45) is -1.13. The van der Waals surface area contributed by atoms with Crippen LogP contribution in [0.1, 0.15) is 38.3 Å². The Morgan fingerprint density at radius 2 is 1.78 bits per heavy atom. The van der Waals surface area contributed by atoms with Crippen molar-refractivity contribution in [3.05, 3.63) is 74.4 Å². The Bertz CT molecular complexity index is 1170. The minimum atomic E-state index is -2.93. The molecule has 2 heterocycles. The summed E-state index contributed by atoms with van der Waals surface area (Å²) in [6.45, 7) is 1.98. The molecule has 0 fully saturated rings. The van der Waals surface area contributed by atoms with Gasteiger partial charge in [-0.3, -0.25) is 14.9 Å². The third kappa shape index (κ3) is 4.83. The first-order chi connectivity index (χ1) is 15.1. The number of Topliss-reactive ketones (excluding diaryl/α,β-unsaturated/α-hetero) is 1. The minimum Gasteiger partial charge on any atom is -0.450 e. The molecule has 2 aromatic heterocycles. The SMILES string of the molecule is Cc1cc(C(=O)C(C)OC(=O)c2ccc([N+](=O)[O-])s2)c(C)n1-c1ccc(OC(F)F)cc1. The average molecular weight is 464 g/mol. The van der Waals surface area contributed by atoms with Gasteiger partial charge < -0.3 is 14.0 Å². The molecule has 0 bridgehead atoms. The topological polar surface area (TPSA) is 101 Å². The Morgan fingerprint density at radius 1 is 1.12 bits per heavy atom. The molecule has 0 N–H and O–H groups in total. The van der Waals surface area contributed by atoms with E-state index in [0.717, 1.165) is 0 Å². The Labute approximate surface area is 185 Å². The summed E-state index contributed by atoms with van der Waals surface area (Å²) in [6, 6.07) is 10.1. The van der Waals surface area contributed by atoms with Crippen molar-refractivity contribution in [2.24, 2.45) is 0 Å². The Balaban J connectivity index is 1.78. The standard InChI is InChI=1S/C21H18F2N2O6S/c1-11-10-16(12(2)24(11)14-4-6-15(7-5-14)31-21(22)23)19(26)13(3)30-20(27)17-8-9-18(32-17)25(28)29/h4-10,13,21H,1-3H3. The zero-order valence-electron chi connectivity index (χ0n) is 17.2. The van der Waals surface area contributed by atoms with E-state index in [0.29, 0.717) is 34.0 Å². The van der Waals surface area contributed by atoms with E-state index in [1.165, 1.54) is 31.2 Å². The summed E-state index contributed by atoms with van der Waals surface area (Å²) < 4.78 is 36.0. The fourth-order valence-electron chi connectivity index (χ4n) is 3.21. The maximum Gasteiger partial charge on any atom is 0.387 e. The number of hydrogen-bond donors (Lipinski definition) is 0. The zero-order valence-corrected chi connectivity index (χ0v) is 18.0. The van der Waals surface area contributed by atoms with Gasteiger partial charge in [-0.25, -0.2) is 4.79 Å². The number of hydrogen-bond acceptors (Lipinski definition) is 7. The lowest BCUT2D eigenvalue weighted by molar-refractivity contribution is -0.380. The molecular weight excluding hydrogens is 446 g/mol. The molecule has 1 aromatic carbocycles. The van der Waals surface area contributed by atoms with Crippen molar-refractivity contribution in [2.75, 3.05) is 0 Å². The van der Waals surface area contributed by atoms with Crippen LogP contribution in [0.2, 0.25) is 0 Å². The number of esters is 1. The number of rotatable bonds is 8. The van der Waals surface area contributed by atoms with E-state index >= 15 is 0 Å². The number of alkyl halides is 2. The quantitative estimate of drug-likeness (QED) is 0.199. The van der Waals surface area contributed by atoms with Crippen molar-refractivity contribution < 1.29 is 32.8 Å². The summed E-state index contributed by atoms with van der Waals surface area (Å²) >= 11 is 0.664. The minimum absolute atomic E-state index is 0.0110. The van der Waals surface area contributed by atoms with Crippen LogP contribution in [0.3, 0.4) is 0 Å². The van der Waals surface area contributed by atoms with Gasteiger partial charge >= 0.3 is 17.6 Å². The summed E-state index contributed by atoms with van der Waals surface area (Å²) in [7, 11) is 0. The number of carbonyl (C=O) groups is 2. The number of ketones is 1. The predicted molar refractivity (Wildman–Crippen MR) is 112 cm³/mol. The van der Waals surface area contributed by atoms with Gasteiger partial charge in [-0.15, -0.1) is 0 Å². The van der Waals surface area contributed by atoms with Crippen LogP contribution in [0.5, 0.6) is 5.75 Å². The van der Waals surface area contributed by atoms with Crippen LogP contribution in [0, 0.1) is 24.0 Å². The molecule has 1 unspecified atom stereocenters. The molecule has 0 saturated heterocycles. The van der Waals surface area contributed by atoms with Gasteiger partial charge in [0.05, 0.1) is 4.92 Å². The van der Waals surface area contributed by atoms with E-state index in [4.69, 9.17) is 4.74 Å². The van der Waals surface area contributed by atoms with Crippen molar-refractivity contribution in [3.63, 3.8) is 0 Å². The second-order valence-corrected chi connectivity index (χ2v) is 7.86. The largest absolute Gasteiger partial charge is 0.450 e. The fourth-order valence-corrected chi connectivity index (χ4v) is 3.92. The van der Waals surface area contributed by atoms with E-state index in [-0.39, 0.29) is 15.6 Å². The third-order valence-corrected chi connectivity index (χ3v) is 5.66. The molecule has 0 radical (unpaired) electrons. The molecule has 0 amide bonds. The number of aromatic nitrogens is 1. The van der Waals surface area contributed by atoms with Gasteiger partial charge in [-0.05, 0) is 57.2 Å². The van der Waals surface area contributed by atoms with E-state index in [1.807, 2.05) is 0 Å². The zero-order chi connectivity index (χ0) is 23.6. The number of nitro groups is 1. The highest BCUT2D eigenvalue weighted by molar-refractivity contribution is 7.17. The van der Waals surface area contributed by atoms with Crippen LogP contribution in [-0.4, -0.2) is 34.0 Å². The third-order valence-electron chi connectivity index (χ3n) is 4.64. The molecule has 3 aromatic rings. The normalized spacial score (nSPS) is 11.9. The van der Waals surface area contributed by atoms with Crippen molar-refractivity contribution in [1.82, 2.24) is 4.57 Å². The lowest BCUT2D eigenvalue weighted by Gasteiger charge is -2.13. The lowest BCUT2D eigenvalue weighted by atomic mass is 10.1. The molecule has 1 atom stereocenters. The lowest BCUT2D eigenvalue weighted by Crippen LogP contribution is -2.24. The van der Waals surface area contributed by atoms with Gasteiger partial charge in [0.1, 0.15) is 10.6 Å². The van der Waals surface area contributed by atoms with Crippen molar-refractivity contribution in [1.29, 1.82) is 0 Å². The van der Waals surface area contributed by atoms with Crippen LogP contribution >= 0.6 is 11.3 Å². The molecule has 3 rings (SSSR count). The fraction of sp³-hybridized carbons (Fsp3) is 0.238. The van der Waals surface area contributed by atoms with E-state index in [9.17, 15) is 28.5 Å². The van der Waals surface area contributed by atoms with Crippen molar-refractivity contribution >= 4 is 28.1 Å². The molecule has 0 aliphatic heterocycles. The molecule has 0 spiro atoms. The van der Waals surface area contributed by atoms with Gasteiger partial charge in [-0.1, -0.05) is 11.3 Å². The number of halogens is 2. The van der Waals surface area contributed by atoms with Crippen LogP contribution < -0.4 is 4.74 Å². The number of ether oxygens (including phenoxy) is 2. The Kier molecular flexibility index (Phi) is 6.68. The molecular formula is C21H18F2N2O6S. The van der Waals surface area contributed by atoms with Gasteiger partial charge in [-0.2, -0.15) is 8.78 Å². The Hall–Kier alpha value is -3.60. The van der Waals surface area contributed by atoms with Crippen LogP contribution in [0.15, 0.2) is 42.5 Å². The second-order valence-electron chi connectivity index (χ2n) is 6.80. The number of benzene rings is 1. The number of aryl methyl sites for hydroxylation is 1. The van der Waals surface area contributed by atoms with Gasteiger partial charge in [0.15, 0.2) is 6.10 Å². The Morgan fingerprint density at radius 3 is 2.34 bits per heavy atom. The number of thiophene rings is 1. The maximum absolute atomic E-state index is 12.9. The molecule has 0 aliphatic rings. The summed E-state index contributed by atoms with van der Waals surface area (Å²) in [4.78, 5) is 35.4. The molecule has 11 heteroatoms. The van der Waals surface area contributed by atoms with Gasteiger partial charge in [0.25, 0.3) is 0 Å². The summed E-state index contributed by atoms with van der Waals surface area (Å²) in [5.74, 6) is -1.26. The molecule has 8 nitrogen and oxygen atoms in total. The van der Waals surface area contributed by atoms with Crippen molar-refractivity contribution in [2.45, 2.75) is 33.5 Å². The van der Waals surface area contributed by atoms with Gasteiger partial charge in [0, 0.05) is 28.7 Å². The number of carbonyl (C=O) groups excluding carboxylic acids is 2. The first-order valence-electron chi connectivity index (χ1n) is 9.32. The molecule has 0 aliphatic carbocycles. The average Bonchev–Trinajstić information content (AvgIpc) is 3.33.